The summed E-state index contributed by atoms with van der Waals surface area (Å²) >= 11 is 0. The maximum Gasteiger partial charge on any atom is 0.315 e. The average Bonchev–Trinajstić information content (AvgIpc) is 3.17. The Morgan fingerprint density at radius 3 is 2.60 bits per heavy atom. The quantitative estimate of drug-likeness (QED) is 0.751. The summed E-state index contributed by atoms with van der Waals surface area (Å²) in [5, 5.41) is 5.88. The van der Waals surface area contributed by atoms with Crippen LogP contribution in [0, 0.1) is 0 Å². The fraction of sp³-hybridized carbons (Fsp3) is 0.211. The number of pyridine rings is 1. The van der Waals surface area contributed by atoms with Crippen molar-refractivity contribution in [3.63, 3.8) is 0 Å². The predicted molar refractivity (Wildman–Crippen MR) is 96.3 cm³/mol. The third kappa shape index (κ3) is 4.23. The molecule has 0 bridgehead atoms. The largest absolute Gasteiger partial charge is 0.332 e. The van der Waals surface area contributed by atoms with Crippen molar-refractivity contribution in [3.05, 3.63) is 78.6 Å². The van der Waals surface area contributed by atoms with Gasteiger partial charge in [-0.2, -0.15) is 0 Å². The average molecular weight is 335 g/mol. The van der Waals surface area contributed by atoms with Gasteiger partial charge in [-0.05, 0) is 43.7 Å². The van der Waals surface area contributed by atoms with Gasteiger partial charge in [-0.25, -0.2) is 9.78 Å². The zero-order valence-electron chi connectivity index (χ0n) is 14.3. The van der Waals surface area contributed by atoms with E-state index in [2.05, 4.69) is 20.6 Å². The van der Waals surface area contributed by atoms with Gasteiger partial charge in [0.2, 0.25) is 0 Å². The number of nitrogens with one attached hydrogen (secondary N) is 2. The highest BCUT2D eigenvalue weighted by molar-refractivity contribution is 5.74. The van der Waals surface area contributed by atoms with Crippen molar-refractivity contribution in [1.82, 2.24) is 25.2 Å². The standard InChI is InChI=1S/C19H21N5O/c1-14(16-6-5-7-17(12-16)24-11-10-20-13-24)22-19(25)23-15(2)18-8-3-4-9-21-18/h3-15H,1-2H3,(H2,22,23,25)/t14-,15+/m1/s1. The molecule has 0 fully saturated rings. The van der Waals surface area contributed by atoms with Crippen molar-refractivity contribution in [3.8, 4) is 5.69 Å². The molecule has 1 aromatic carbocycles. The number of imidazole rings is 1. The van der Waals surface area contributed by atoms with E-state index in [-0.39, 0.29) is 18.1 Å². The van der Waals surface area contributed by atoms with Crippen molar-refractivity contribution in [2.75, 3.05) is 0 Å². The molecule has 2 N–H and O–H groups in total. The molecule has 2 aromatic heterocycles. The zero-order valence-corrected chi connectivity index (χ0v) is 14.3. The second kappa shape index (κ2) is 7.61. The SMILES string of the molecule is C[C@H](NC(=O)N[C@H](C)c1cccc(-n2ccnc2)c1)c1ccccn1. The summed E-state index contributed by atoms with van der Waals surface area (Å²) < 4.78 is 1.93. The molecule has 0 unspecified atom stereocenters. The molecule has 25 heavy (non-hydrogen) atoms. The first-order chi connectivity index (χ1) is 12.1. The summed E-state index contributed by atoms with van der Waals surface area (Å²) in [6.07, 6.45) is 7.09. The van der Waals surface area contributed by atoms with Crippen LogP contribution in [0.2, 0.25) is 0 Å². The van der Waals surface area contributed by atoms with Gasteiger partial charge in [-0.1, -0.05) is 18.2 Å². The molecule has 2 heterocycles. The molecule has 0 aliphatic carbocycles. The number of rotatable bonds is 5. The molecule has 0 radical (unpaired) electrons. The summed E-state index contributed by atoms with van der Waals surface area (Å²) in [5.74, 6) is 0. The minimum atomic E-state index is -0.223. The van der Waals surface area contributed by atoms with Gasteiger partial charge in [-0.3, -0.25) is 4.98 Å². The first-order valence-electron chi connectivity index (χ1n) is 8.20. The van der Waals surface area contributed by atoms with E-state index < -0.39 is 0 Å². The van der Waals surface area contributed by atoms with Gasteiger partial charge in [0.1, 0.15) is 0 Å². The lowest BCUT2D eigenvalue weighted by atomic mass is 10.1. The molecule has 6 nitrogen and oxygen atoms in total. The fourth-order valence-electron chi connectivity index (χ4n) is 2.59. The molecule has 0 saturated carbocycles. The van der Waals surface area contributed by atoms with Crippen molar-refractivity contribution in [2.24, 2.45) is 0 Å². The summed E-state index contributed by atoms with van der Waals surface area (Å²) in [5.41, 5.74) is 2.85. The van der Waals surface area contributed by atoms with Crippen LogP contribution in [0.3, 0.4) is 0 Å². The lowest BCUT2D eigenvalue weighted by Gasteiger charge is -2.19. The molecule has 3 aromatic rings. The number of hydrogen-bond donors (Lipinski definition) is 2. The van der Waals surface area contributed by atoms with E-state index in [1.165, 1.54) is 0 Å². The summed E-state index contributed by atoms with van der Waals surface area (Å²) in [7, 11) is 0. The normalized spacial score (nSPS) is 13.0. The number of aromatic nitrogens is 3. The highest BCUT2D eigenvalue weighted by atomic mass is 16.2. The Morgan fingerprint density at radius 1 is 1.04 bits per heavy atom. The Kier molecular flexibility index (Phi) is 5.09. The fourth-order valence-corrected chi connectivity index (χ4v) is 2.59. The molecule has 0 saturated heterocycles. The van der Waals surface area contributed by atoms with E-state index in [4.69, 9.17) is 0 Å². The number of hydrogen-bond acceptors (Lipinski definition) is 3. The maximum atomic E-state index is 12.3. The van der Waals surface area contributed by atoms with Gasteiger partial charge in [0, 0.05) is 24.3 Å². The lowest BCUT2D eigenvalue weighted by molar-refractivity contribution is 0.234. The van der Waals surface area contributed by atoms with Crippen molar-refractivity contribution in [2.45, 2.75) is 25.9 Å². The van der Waals surface area contributed by atoms with Crippen LogP contribution in [0.1, 0.15) is 37.2 Å². The Labute approximate surface area is 146 Å². The third-order valence-electron chi connectivity index (χ3n) is 4.00. The first-order valence-corrected chi connectivity index (χ1v) is 8.20. The van der Waals surface area contributed by atoms with E-state index in [0.29, 0.717) is 0 Å². The van der Waals surface area contributed by atoms with Crippen LogP contribution in [0.4, 0.5) is 4.79 Å². The number of carbonyl (C=O) groups excluding carboxylic acids is 1. The monoisotopic (exact) mass is 335 g/mol. The van der Waals surface area contributed by atoms with E-state index >= 15 is 0 Å². The minimum absolute atomic E-state index is 0.126. The third-order valence-corrected chi connectivity index (χ3v) is 4.00. The van der Waals surface area contributed by atoms with Gasteiger partial charge in [0.25, 0.3) is 0 Å². The van der Waals surface area contributed by atoms with Crippen LogP contribution in [0.25, 0.3) is 5.69 Å². The van der Waals surface area contributed by atoms with E-state index in [0.717, 1.165) is 16.9 Å². The van der Waals surface area contributed by atoms with E-state index in [1.807, 2.05) is 67.1 Å². The predicted octanol–water partition coefficient (Wildman–Crippen LogP) is 3.39. The van der Waals surface area contributed by atoms with Gasteiger partial charge < -0.3 is 15.2 Å². The minimum Gasteiger partial charge on any atom is -0.332 e. The second-order valence-corrected chi connectivity index (χ2v) is 5.88. The smallest absolute Gasteiger partial charge is 0.315 e. The number of amides is 2. The topological polar surface area (TPSA) is 71.8 Å². The van der Waals surface area contributed by atoms with Crippen molar-refractivity contribution in [1.29, 1.82) is 0 Å². The number of carbonyl (C=O) groups is 1. The van der Waals surface area contributed by atoms with Gasteiger partial charge in [-0.15, -0.1) is 0 Å². The van der Waals surface area contributed by atoms with Crippen LogP contribution in [0.15, 0.2) is 67.4 Å². The molecular weight excluding hydrogens is 314 g/mol. The Balaban J connectivity index is 1.63. The van der Waals surface area contributed by atoms with Crippen LogP contribution in [0.5, 0.6) is 0 Å². The summed E-state index contributed by atoms with van der Waals surface area (Å²) in [4.78, 5) is 20.6. The van der Waals surface area contributed by atoms with Crippen LogP contribution < -0.4 is 10.6 Å². The Hall–Kier alpha value is -3.15. The maximum absolute atomic E-state index is 12.3. The number of urea groups is 1. The van der Waals surface area contributed by atoms with E-state index in [9.17, 15) is 4.79 Å². The summed E-state index contributed by atoms with van der Waals surface area (Å²) in [6, 6.07) is 13.1. The molecule has 3 rings (SSSR count). The highest BCUT2D eigenvalue weighted by Gasteiger charge is 2.14. The molecule has 0 aliphatic heterocycles. The van der Waals surface area contributed by atoms with Crippen LogP contribution in [-0.2, 0) is 0 Å². The molecule has 0 spiro atoms. The Bertz CT molecular complexity index is 817. The molecule has 2 amide bonds. The summed E-state index contributed by atoms with van der Waals surface area (Å²) in [6.45, 7) is 3.87. The van der Waals surface area contributed by atoms with Crippen molar-refractivity contribution < 1.29 is 4.79 Å². The Morgan fingerprint density at radius 2 is 1.88 bits per heavy atom. The molecule has 128 valence electrons. The molecule has 0 aliphatic rings. The van der Waals surface area contributed by atoms with Gasteiger partial charge >= 0.3 is 6.03 Å². The van der Waals surface area contributed by atoms with Crippen LogP contribution in [-0.4, -0.2) is 20.6 Å². The second-order valence-electron chi connectivity index (χ2n) is 5.88. The highest BCUT2D eigenvalue weighted by Crippen LogP contribution is 2.17. The molecule has 6 heteroatoms. The van der Waals surface area contributed by atoms with E-state index in [1.54, 1.807) is 18.7 Å². The number of nitrogens with zero attached hydrogens (tertiary/aromatic N) is 3. The molecular formula is C19H21N5O. The number of benzene rings is 1. The lowest BCUT2D eigenvalue weighted by Crippen LogP contribution is -2.38. The van der Waals surface area contributed by atoms with Gasteiger partial charge in [0.15, 0.2) is 0 Å². The van der Waals surface area contributed by atoms with Crippen molar-refractivity contribution >= 4 is 6.03 Å². The zero-order chi connectivity index (χ0) is 17.6. The van der Waals surface area contributed by atoms with Gasteiger partial charge in [0.05, 0.1) is 24.1 Å². The molecule has 2 atom stereocenters. The van der Waals surface area contributed by atoms with Crippen LogP contribution >= 0.6 is 0 Å². The first kappa shape index (κ1) is 16.7.